The van der Waals surface area contributed by atoms with Crippen molar-refractivity contribution in [2.45, 2.75) is 76.3 Å². The minimum Gasteiger partial charge on any atom is -0.426 e. The number of rotatable bonds is 2. The van der Waals surface area contributed by atoms with E-state index >= 15 is 0 Å². The second-order valence-electron chi connectivity index (χ2n) is 11.3. The number of para-hydroxylation sites is 1. The van der Waals surface area contributed by atoms with E-state index in [2.05, 4.69) is 73.9 Å². The molecule has 35 heavy (non-hydrogen) atoms. The molecule has 4 heteroatoms. The second kappa shape index (κ2) is 9.55. The van der Waals surface area contributed by atoms with Crippen molar-refractivity contribution in [3.8, 4) is 5.75 Å². The second-order valence-corrected chi connectivity index (χ2v) is 11.3. The fourth-order valence-electron chi connectivity index (χ4n) is 6.46. The average molecular weight is 473 g/mol. The van der Waals surface area contributed by atoms with Gasteiger partial charge >= 0.3 is 5.97 Å². The predicted molar refractivity (Wildman–Crippen MR) is 143 cm³/mol. The molecular formula is C31H40N2O2. The summed E-state index contributed by atoms with van der Waals surface area (Å²) in [5.41, 5.74) is 4.07. The van der Waals surface area contributed by atoms with Gasteiger partial charge < -0.3 is 14.5 Å². The Morgan fingerprint density at radius 2 is 1.29 bits per heavy atom. The molecule has 0 atom stereocenters. The lowest BCUT2D eigenvalue weighted by molar-refractivity contribution is -0.140. The van der Waals surface area contributed by atoms with Gasteiger partial charge in [-0.25, -0.2) is 0 Å². The number of allylic oxidation sites excluding steroid dienone is 1. The maximum Gasteiger partial charge on any atom is 0.322 e. The number of likely N-dealkylation sites (tertiary alicyclic amines) is 2. The van der Waals surface area contributed by atoms with E-state index in [4.69, 9.17) is 4.74 Å². The van der Waals surface area contributed by atoms with Crippen LogP contribution in [-0.2, 0) is 15.6 Å². The van der Waals surface area contributed by atoms with E-state index < -0.39 is 0 Å². The van der Waals surface area contributed by atoms with Gasteiger partial charge in [-0.3, -0.25) is 4.79 Å². The van der Waals surface area contributed by atoms with E-state index in [1.165, 1.54) is 31.5 Å². The molecule has 2 spiro atoms. The first-order valence-corrected chi connectivity index (χ1v) is 13.4. The Morgan fingerprint density at radius 3 is 1.91 bits per heavy atom. The monoisotopic (exact) mass is 472 g/mol. The number of hydrogen-bond donors (Lipinski definition) is 0. The van der Waals surface area contributed by atoms with Crippen LogP contribution in [0, 0.1) is 0 Å². The van der Waals surface area contributed by atoms with E-state index in [1.807, 2.05) is 24.3 Å². The molecule has 4 aliphatic rings. The molecule has 0 amide bonds. The first-order valence-electron chi connectivity index (χ1n) is 13.4. The predicted octanol–water partition coefficient (Wildman–Crippen LogP) is 5.80. The SMILES string of the molecule is CC(C)N1CCC2(C=Cc3ccccc32)CC1.CC(C)N1CCC2(CC1)C(=O)Oc1ccccc12. The fourth-order valence-corrected chi connectivity index (χ4v) is 6.46. The van der Waals surface area contributed by atoms with Crippen molar-refractivity contribution >= 4 is 12.0 Å². The number of hydrogen-bond acceptors (Lipinski definition) is 4. The molecule has 1 aliphatic carbocycles. The van der Waals surface area contributed by atoms with Gasteiger partial charge in [-0.15, -0.1) is 0 Å². The zero-order valence-electron chi connectivity index (χ0n) is 21.8. The zero-order chi connectivity index (χ0) is 24.6. The zero-order valence-corrected chi connectivity index (χ0v) is 21.8. The van der Waals surface area contributed by atoms with E-state index in [0.717, 1.165) is 37.2 Å². The van der Waals surface area contributed by atoms with Crippen LogP contribution in [-0.4, -0.2) is 54.0 Å². The lowest BCUT2D eigenvalue weighted by atomic mass is 9.73. The Labute approximate surface area is 211 Å². The summed E-state index contributed by atoms with van der Waals surface area (Å²) < 4.78 is 5.44. The van der Waals surface area contributed by atoms with Crippen molar-refractivity contribution < 1.29 is 9.53 Å². The van der Waals surface area contributed by atoms with Gasteiger partial charge in [0.05, 0.1) is 5.41 Å². The summed E-state index contributed by atoms with van der Waals surface area (Å²) in [6, 6.07) is 18.0. The smallest absolute Gasteiger partial charge is 0.322 e. The third kappa shape index (κ3) is 4.36. The van der Waals surface area contributed by atoms with Crippen molar-refractivity contribution in [2.24, 2.45) is 0 Å². The number of benzene rings is 2. The molecule has 4 nitrogen and oxygen atoms in total. The molecule has 186 valence electrons. The third-order valence-electron chi connectivity index (χ3n) is 8.88. The van der Waals surface area contributed by atoms with Gasteiger partial charge in [-0.1, -0.05) is 54.6 Å². The van der Waals surface area contributed by atoms with Crippen molar-refractivity contribution in [1.29, 1.82) is 0 Å². The molecule has 2 fully saturated rings. The summed E-state index contributed by atoms with van der Waals surface area (Å²) in [6.07, 6.45) is 9.08. The van der Waals surface area contributed by atoms with Crippen LogP contribution in [0.1, 0.15) is 70.1 Å². The molecule has 0 N–H and O–H groups in total. The highest BCUT2D eigenvalue weighted by Gasteiger charge is 2.50. The van der Waals surface area contributed by atoms with Gasteiger partial charge in [0.1, 0.15) is 5.75 Å². The Hall–Kier alpha value is -2.43. The minimum atomic E-state index is -0.373. The molecule has 2 saturated heterocycles. The van der Waals surface area contributed by atoms with Gasteiger partial charge in [0, 0.05) is 23.1 Å². The number of esters is 1. The molecule has 2 aromatic carbocycles. The summed E-state index contributed by atoms with van der Waals surface area (Å²) in [5.74, 6) is 0.715. The average Bonchev–Trinajstić information content (AvgIpc) is 3.36. The van der Waals surface area contributed by atoms with Gasteiger partial charge in [-0.2, -0.15) is 0 Å². The number of nitrogens with zero attached hydrogens (tertiary/aromatic N) is 2. The molecule has 3 aliphatic heterocycles. The quantitative estimate of drug-likeness (QED) is 0.408. The number of carbonyl (C=O) groups excluding carboxylic acids is 1. The van der Waals surface area contributed by atoms with Crippen LogP contribution in [0.3, 0.4) is 0 Å². The first-order chi connectivity index (χ1) is 16.8. The summed E-state index contributed by atoms with van der Waals surface area (Å²) in [4.78, 5) is 17.3. The molecule has 2 aromatic rings. The molecule has 6 rings (SSSR count). The molecule has 0 unspecified atom stereocenters. The first kappa shape index (κ1) is 24.3. The van der Waals surface area contributed by atoms with E-state index in [-0.39, 0.29) is 11.4 Å². The number of carbonyl (C=O) groups is 1. The van der Waals surface area contributed by atoms with Gasteiger partial charge in [0.25, 0.3) is 0 Å². The van der Waals surface area contributed by atoms with Crippen LogP contribution < -0.4 is 4.74 Å². The normalized spacial score (nSPS) is 22.3. The summed E-state index contributed by atoms with van der Waals surface area (Å²) in [7, 11) is 0. The fraction of sp³-hybridized carbons (Fsp3) is 0.516. The van der Waals surface area contributed by atoms with Crippen LogP contribution in [0.25, 0.3) is 6.08 Å². The molecule has 0 aromatic heterocycles. The maximum atomic E-state index is 12.2. The van der Waals surface area contributed by atoms with Crippen molar-refractivity contribution in [3.63, 3.8) is 0 Å². The minimum absolute atomic E-state index is 0.0490. The molecule has 0 bridgehead atoms. The summed E-state index contributed by atoms with van der Waals surface area (Å²) in [5, 5.41) is 0. The Bertz CT molecular complexity index is 1090. The maximum absolute atomic E-state index is 12.2. The van der Waals surface area contributed by atoms with Gasteiger partial charge in [0.2, 0.25) is 0 Å². The topological polar surface area (TPSA) is 32.8 Å². The lowest BCUT2D eigenvalue weighted by Crippen LogP contribution is -2.48. The highest BCUT2D eigenvalue weighted by atomic mass is 16.5. The van der Waals surface area contributed by atoms with Crippen LogP contribution in [0.5, 0.6) is 5.75 Å². The summed E-state index contributed by atoms with van der Waals surface area (Å²) >= 11 is 0. The van der Waals surface area contributed by atoms with Crippen LogP contribution in [0.2, 0.25) is 0 Å². The lowest BCUT2D eigenvalue weighted by Gasteiger charge is -2.41. The molecular weight excluding hydrogens is 432 g/mol. The molecule has 0 saturated carbocycles. The van der Waals surface area contributed by atoms with E-state index in [1.54, 1.807) is 5.56 Å². The third-order valence-corrected chi connectivity index (χ3v) is 8.88. The van der Waals surface area contributed by atoms with Crippen molar-refractivity contribution in [3.05, 3.63) is 71.3 Å². The summed E-state index contributed by atoms with van der Waals surface area (Å²) in [6.45, 7) is 13.4. The Morgan fingerprint density at radius 1 is 0.743 bits per heavy atom. The molecule has 0 radical (unpaired) electrons. The highest BCUT2D eigenvalue weighted by molar-refractivity contribution is 5.90. The Balaban J connectivity index is 0.000000145. The van der Waals surface area contributed by atoms with Gasteiger partial charge in [0.15, 0.2) is 0 Å². The van der Waals surface area contributed by atoms with Gasteiger partial charge in [-0.05, 0) is 96.8 Å². The number of piperidine rings is 2. The van der Waals surface area contributed by atoms with Crippen molar-refractivity contribution in [1.82, 2.24) is 9.80 Å². The van der Waals surface area contributed by atoms with E-state index in [0.29, 0.717) is 17.5 Å². The number of fused-ring (bicyclic) bond motifs is 4. The Kier molecular flexibility index (Phi) is 6.63. The molecule has 3 heterocycles. The van der Waals surface area contributed by atoms with Crippen molar-refractivity contribution in [2.75, 3.05) is 26.2 Å². The largest absolute Gasteiger partial charge is 0.426 e. The highest BCUT2D eigenvalue weighted by Crippen LogP contribution is 2.46. The van der Waals surface area contributed by atoms with Crippen LogP contribution in [0.15, 0.2) is 54.6 Å². The van der Waals surface area contributed by atoms with E-state index in [9.17, 15) is 4.79 Å². The van der Waals surface area contributed by atoms with Crippen LogP contribution >= 0.6 is 0 Å². The standard InChI is InChI=1S/C16H21N.C15H19NO2/c1-13(2)17-11-9-16(10-12-17)8-7-14-5-3-4-6-15(14)16;1-11(2)16-9-7-15(8-10-16)12-5-3-4-6-13(12)18-14(15)17/h3-8,13H,9-12H2,1-2H3;3-6,11H,7-10H2,1-2H3. The van der Waals surface area contributed by atoms with Crippen LogP contribution in [0.4, 0.5) is 0 Å². The number of ether oxygens (including phenoxy) is 1.